The fraction of sp³-hybridized carbons (Fsp3) is 0.167. The van der Waals surface area contributed by atoms with E-state index in [1.807, 2.05) is 18.2 Å². The lowest BCUT2D eigenvalue weighted by Gasteiger charge is -2.10. The summed E-state index contributed by atoms with van der Waals surface area (Å²) in [7, 11) is -1.33. The summed E-state index contributed by atoms with van der Waals surface area (Å²) in [4.78, 5) is 4.76. The summed E-state index contributed by atoms with van der Waals surface area (Å²) in [5, 5.41) is 6.63. The summed E-state index contributed by atoms with van der Waals surface area (Å²) in [5.41, 5.74) is 6.15. The Morgan fingerprint density at radius 3 is 2.54 bits per heavy atom. The number of pyridine rings is 1. The molecule has 3 aromatic rings. The zero-order valence-corrected chi connectivity index (χ0v) is 15.1. The zero-order valence-electron chi connectivity index (χ0n) is 14.3. The van der Waals surface area contributed by atoms with Crippen LogP contribution in [0.3, 0.4) is 0 Å². The highest BCUT2D eigenvalue weighted by molar-refractivity contribution is 7.91. The van der Waals surface area contributed by atoms with Crippen molar-refractivity contribution in [3.63, 3.8) is 0 Å². The van der Waals surface area contributed by atoms with Crippen molar-refractivity contribution in [3.05, 3.63) is 54.7 Å². The number of nitrogens with zero attached hydrogens (tertiary/aromatic N) is 2. The van der Waals surface area contributed by atoms with E-state index in [-0.39, 0.29) is 6.54 Å². The SMILES string of the molecule is COc1ccc2c(Oc3ccc(S(N)(=O)=NCCN)cc3)ccnc2c1. The maximum Gasteiger partial charge on any atom is 0.138 e. The molecule has 2 aromatic carbocycles. The molecule has 1 aromatic heterocycles. The molecule has 0 aliphatic heterocycles. The normalized spacial score (nSPS) is 13.2. The van der Waals surface area contributed by atoms with Crippen LogP contribution < -0.4 is 20.3 Å². The third-order valence-corrected chi connectivity index (χ3v) is 5.23. The first kappa shape index (κ1) is 18.1. The summed E-state index contributed by atoms with van der Waals surface area (Å²) in [6.07, 6.45) is 1.67. The Hall–Kier alpha value is -2.68. The van der Waals surface area contributed by atoms with Gasteiger partial charge in [-0.3, -0.25) is 4.98 Å². The average Bonchev–Trinajstić information content (AvgIpc) is 2.66. The molecule has 0 amide bonds. The second kappa shape index (κ2) is 7.69. The highest BCUT2D eigenvalue weighted by Gasteiger charge is 2.09. The Balaban J connectivity index is 1.88. The highest BCUT2D eigenvalue weighted by Crippen LogP contribution is 2.31. The number of benzene rings is 2. The van der Waals surface area contributed by atoms with Crippen LogP contribution in [0.25, 0.3) is 10.9 Å². The maximum atomic E-state index is 12.3. The predicted octanol–water partition coefficient (Wildman–Crippen LogP) is 2.70. The fourth-order valence-electron chi connectivity index (χ4n) is 2.41. The number of rotatable bonds is 6. The van der Waals surface area contributed by atoms with Gasteiger partial charge in [-0.05, 0) is 42.5 Å². The minimum atomic E-state index is -2.94. The van der Waals surface area contributed by atoms with Gasteiger partial charge in [-0.2, -0.15) is 0 Å². The number of fused-ring (bicyclic) bond motifs is 1. The molecule has 4 N–H and O–H groups in total. The second-order valence-corrected chi connectivity index (χ2v) is 7.34. The Morgan fingerprint density at radius 1 is 1.12 bits per heavy atom. The van der Waals surface area contributed by atoms with Gasteiger partial charge in [-0.15, -0.1) is 0 Å². The van der Waals surface area contributed by atoms with E-state index in [0.717, 1.165) is 16.7 Å². The van der Waals surface area contributed by atoms with Crippen molar-refractivity contribution in [2.45, 2.75) is 4.90 Å². The van der Waals surface area contributed by atoms with Crippen LogP contribution in [0.4, 0.5) is 0 Å². The summed E-state index contributed by atoms with van der Waals surface area (Å²) < 4.78 is 27.4. The van der Waals surface area contributed by atoms with Gasteiger partial charge in [0.25, 0.3) is 0 Å². The number of ether oxygens (including phenoxy) is 2. The topological polar surface area (TPSA) is 113 Å². The monoisotopic (exact) mass is 372 g/mol. The van der Waals surface area contributed by atoms with Crippen LogP contribution in [-0.2, 0) is 9.92 Å². The van der Waals surface area contributed by atoms with Gasteiger partial charge in [-0.1, -0.05) is 0 Å². The van der Waals surface area contributed by atoms with E-state index in [4.69, 9.17) is 20.3 Å². The molecule has 1 unspecified atom stereocenters. The summed E-state index contributed by atoms with van der Waals surface area (Å²) in [6, 6.07) is 14.1. The molecule has 0 radical (unpaired) electrons. The average molecular weight is 372 g/mol. The van der Waals surface area contributed by atoms with Crippen LogP contribution in [0.1, 0.15) is 0 Å². The lowest BCUT2D eigenvalue weighted by atomic mass is 10.2. The van der Waals surface area contributed by atoms with Gasteiger partial charge in [-0.25, -0.2) is 13.7 Å². The van der Waals surface area contributed by atoms with Crippen LogP contribution in [0.15, 0.2) is 64.0 Å². The first-order chi connectivity index (χ1) is 12.5. The molecule has 3 rings (SSSR count). The number of methoxy groups -OCH3 is 1. The molecule has 26 heavy (non-hydrogen) atoms. The molecule has 136 valence electrons. The number of hydrogen-bond acceptors (Lipinski definition) is 6. The first-order valence-electron chi connectivity index (χ1n) is 7.95. The van der Waals surface area contributed by atoms with Crippen molar-refractivity contribution >= 4 is 20.8 Å². The molecule has 0 aliphatic rings. The van der Waals surface area contributed by atoms with Crippen molar-refractivity contribution in [2.75, 3.05) is 20.2 Å². The molecule has 7 nitrogen and oxygen atoms in total. The summed E-state index contributed by atoms with van der Waals surface area (Å²) in [5.74, 6) is 1.98. The largest absolute Gasteiger partial charge is 0.497 e. The van der Waals surface area contributed by atoms with Gasteiger partial charge in [0.1, 0.15) is 27.2 Å². The molecule has 0 aliphatic carbocycles. The Bertz CT molecular complexity index is 1030. The molecule has 0 saturated carbocycles. The van der Waals surface area contributed by atoms with E-state index in [1.165, 1.54) is 0 Å². The fourth-order valence-corrected chi connectivity index (χ4v) is 3.46. The number of aromatic nitrogens is 1. The van der Waals surface area contributed by atoms with Gasteiger partial charge in [0.15, 0.2) is 0 Å². The molecule has 0 spiro atoms. The molecule has 0 saturated heterocycles. The van der Waals surface area contributed by atoms with Crippen molar-refractivity contribution in [2.24, 2.45) is 15.2 Å². The van der Waals surface area contributed by atoms with Crippen LogP contribution in [0, 0.1) is 0 Å². The molecule has 8 heteroatoms. The number of nitrogens with two attached hydrogens (primary N) is 2. The summed E-state index contributed by atoms with van der Waals surface area (Å²) in [6.45, 7) is 0.551. The third kappa shape index (κ3) is 3.93. The van der Waals surface area contributed by atoms with Crippen molar-refractivity contribution in [1.82, 2.24) is 4.98 Å². The van der Waals surface area contributed by atoms with E-state index >= 15 is 0 Å². The van der Waals surface area contributed by atoms with E-state index < -0.39 is 9.92 Å². The Kier molecular flexibility index (Phi) is 5.36. The third-order valence-electron chi connectivity index (χ3n) is 3.71. The van der Waals surface area contributed by atoms with E-state index in [2.05, 4.69) is 9.35 Å². The minimum Gasteiger partial charge on any atom is -0.497 e. The van der Waals surface area contributed by atoms with Crippen LogP contribution in [0.2, 0.25) is 0 Å². The van der Waals surface area contributed by atoms with Crippen LogP contribution >= 0.6 is 0 Å². The smallest absolute Gasteiger partial charge is 0.138 e. The lowest BCUT2D eigenvalue weighted by Crippen LogP contribution is -2.15. The standard InChI is InChI=1S/C18H20N4O3S/c1-24-14-4-7-16-17(12-14)21-10-8-18(16)25-13-2-5-15(6-3-13)26(20,23)22-11-9-19/h2-8,10,12H,9,11,19H2,1H3,(H2,20,22,23). The van der Waals surface area contributed by atoms with Crippen molar-refractivity contribution in [3.8, 4) is 17.2 Å². The Morgan fingerprint density at radius 2 is 1.85 bits per heavy atom. The van der Waals surface area contributed by atoms with Gasteiger partial charge >= 0.3 is 0 Å². The summed E-state index contributed by atoms with van der Waals surface area (Å²) >= 11 is 0. The van der Waals surface area contributed by atoms with Crippen LogP contribution in [0.5, 0.6) is 17.2 Å². The van der Waals surface area contributed by atoms with Gasteiger partial charge in [0.2, 0.25) is 0 Å². The van der Waals surface area contributed by atoms with E-state index in [0.29, 0.717) is 22.9 Å². The second-order valence-electron chi connectivity index (χ2n) is 5.48. The van der Waals surface area contributed by atoms with Gasteiger partial charge in [0, 0.05) is 24.2 Å². The van der Waals surface area contributed by atoms with Crippen molar-refractivity contribution in [1.29, 1.82) is 0 Å². The molecular formula is C18H20N4O3S. The molecule has 1 atom stereocenters. The maximum absolute atomic E-state index is 12.3. The number of hydrogen-bond donors (Lipinski definition) is 2. The molecule has 1 heterocycles. The van der Waals surface area contributed by atoms with E-state index in [1.54, 1.807) is 43.6 Å². The molecular weight excluding hydrogens is 352 g/mol. The lowest BCUT2D eigenvalue weighted by molar-refractivity contribution is 0.415. The predicted molar refractivity (Wildman–Crippen MR) is 102 cm³/mol. The van der Waals surface area contributed by atoms with Gasteiger partial charge in [0.05, 0.1) is 24.1 Å². The quantitative estimate of drug-likeness (QED) is 0.691. The van der Waals surface area contributed by atoms with Crippen LogP contribution in [-0.4, -0.2) is 29.4 Å². The highest BCUT2D eigenvalue weighted by atomic mass is 32.2. The molecule has 0 bridgehead atoms. The zero-order chi connectivity index (χ0) is 18.6. The van der Waals surface area contributed by atoms with E-state index in [9.17, 15) is 4.21 Å². The molecule has 0 fully saturated rings. The Labute approximate surface area is 152 Å². The van der Waals surface area contributed by atoms with Gasteiger partial charge < -0.3 is 15.2 Å². The first-order valence-corrected chi connectivity index (χ1v) is 9.53. The van der Waals surface area contributed by atoms with Crippen molar-refractivity contribution < 1.29 is 13.7 Å². The minimum absolute atomic E-state index is 0.250.